The number of carbonyl (C=O) groups excluding carboxylic acids is 4. The number of rotatable bonds is 6. The fourth-order valence-corrected chi connectivity index (χ4v) is 3.76. The number of urea groups is 1. The lowest BCUT2D eigenvalue weighted by atomic mass is 10.1. The highest BCUT2D eigenvalue weighted by Gasteiger charge is 2.36. The van der Waals surface area contributed by atoms with E-state index < -0.39 is 17.8 Å². The zero-order chi connectivity index (χ0) is 25.8. The number of barbiturate groups is 1. The van der Waals surface area contributed by atoms with Crippen LogP contribution in [-0.2, 0) is 14.4 Å². The van der Waals surface area contributed by atoms with E-state index in [1.165, 1.54) is 30.3 Å². The van der Waals surface area contributed by atoms with E-state index in [-0.39, 0.29) is 23.8 Å². The highest BCUT2D eigenvalue weighted by molar-refractivity contribution is 6.39. The average Bonchev–Trinajstić information content (AvgIpc) is 2.83. The summed E-state index contributed by atoms with van der Waals surface area (Å²) in [5, 5.41) is 5.42. The molecule has 0 aromatic heterocycles. The van der Waals surface area contributed by atoms with Crippen LogP contribution in [0.3, 0.4) is 0 Å². The van der Waals surface area contributed by atoms with E-state index in [4.69, 9.17) is 16.3 Å². The molecule has 9 heteroatoms. The Labute approximate surface area is 212 Å². The molecule has 2 N–H and O–H groups in total. The van der Waals surface area contributed by atoms with Crippen molar-refractivity contribution in [1.29, 1.82) is 0 Å². The summed E-state index contributed by atoms with van der Waals surface area (Å²) < 4.78 is 5.60. The van der Waals surface area contributed by atoms with E-state index in [0.29, 0.717) is 22.0 Å². The molecule has 0 spiro atoms. The fourth-order valence-electron chi connectivity index (χ4n) is 3.63. The summed E-state index contributed by atoms with van der Waals surface area (Å²) in [6.07, 6.45) is 1.36. The normalized spacial score (nSPS) is 14.6. The first-order valence-electron chi connectivity index (χ1n) is 11.0. The Kier molecular flexibility index (Phi) is 7.17. The first kappa shape index (κ1) is 24.7. The number of benzene rings is 3. The number of hydrogen-bond acceptors (Lipinski definition) is 5. The predicted octanol–water partition coefficient (Wildman–Crippen LogP) is 4.64. The maximum absolute atomic E-state index is 13.0. The Balaban J connectivity index is 1.48. The van der Waals surface area contributed by atoms with Crippen molar-refractivity contribution in [3.05, 3.63) is 94.0 Å². The monoisotopic (exact) mass is 503 g/mol. The second-order valence-electron chi connectivity index (χ2n) is 8.16. The molecule has 5 amide bonds. The molecule has 1 aliphatic rings. The lowest BCUT2D eigenvalue weighted by Crippen LogP contribution is -2.54. The SMILES string of the molecule is Cc1ccc(NC(=O)COc2cccc(/C=C3/C(=O)NC(=O)N(c4ccc(Cl)cc4)C3=O)c2)c(C)c1. The number of ether oxygens (including phenoxy) is 1. The van der Waals surface area contributed by atoms with Crippen molar-refractivity contribution in [2.75, 3.05) is 16.8 Å². The number of hydrogen-bond donors (Lipinski definition) is 2. The highest BCUT2D eigenvalue weighted by Crippen LogP contribution is 2.24. The van der Waals surface area contributed by atoms with Gasteiger partial charge in [-0.1, -0.05) is 41.4 Å². The molecule has 0 bridgehead atoms. The van der Waals surface area contributed by atoms with Gasteiger partial charge in [0.1, 0.15) is 11.3 Å². The Morgan fingerprint density at radius 1 is 1.03 bits per heavy atom. The van der Waals surface area contributed by atoms with Crippen LogP contribution in [0, 0.1) is 13.8 Å². The van der Waals surface area contributed by atoms with Gasteiger partial charge in [-0.25, -0.2) is 9.69 Å². The first-order valence-corrected chi connectivity index (χ1v) is 11.4. The zero-order valence-corrected chi connectivity index (χ0v) is 20.3. The van der Waals surface area contributed by atoms with Crippen LogP contribution in [0.5, 0.6) is 5.75 Å². The summed E-state index contributed by atoms with van der Waals surface area (Å²) >= 11 is 5.89. The van der Waals surface area contributed by atoms with Crippen LogP contribution in [0.25, 0.3) is 6.08 Å². The van der Waals surface area contributed by atoms with Gasteiger partial charge in [-0.2, -0.15) is 0 Å². The molecule has 0 saturated carbocycles. The van der Waals surface area contributed by atoms with Gasteiger partial charge < -0.3 is 10.1 Å². The number of aryl methyl sites for hydroxylation is 2. The summed E-state index contributed by atoms with van der Waals surface area (Å²) in [4.78, 5) is 51.0. The van der Waals surface area contributed by atoms with Gasteiger partial charge in [0, 0.05) is 10.7 Å². The van der Waals surface area contributed by atoms with Crippen LogP contribution in [0.15, 0.2) is 72.3 Å². The van der Waals surface area contributed by atoms with Gasteiger partial charge in [-0.05, 0) is 73.5 Å². The topological polar surface area (TPSA) is 105 Å². The van der Waals surface area contributed by atoms with Crippen molar-refractivity contribution in [2.45, 2.75) is 13.8 Å². The Bertz CT molecular complexity index is 1400. The molecule has 0 atom stereocenters. The minimum absolute atomic E-state index is 0.228. The Hall–Kier alpha value is -4.43. The molecular weight excluding hydrogens is 482 g/mol. The summed E-state index contributed by atoms with van der Waals surface area (Å²) in [5.74, 6) is -1.54. The van der Waals surface area contributed by atoms with E-state index in [2.05, 4.69) is 10.6 Å². The summed E-state index contributed by atoms with van der Waals surface area (Å²) in [7, 11) is 0. The van der Waals surface area contributed by atoms with Crippen molar-refractivity contribution in [3.8, 4) is 5.75 Å². The van der Waals surface area contributed by atoms with E-state index in [9.17, 15) is 19.2 Å². The molecule has 1 heterocycles. The smallest absolute Gasteiger partial charge is 0.335 e. The minimum Gasteiger partial charge on any atom is -0.484 e. The molecule has 36 heavy (non-hydrogen) atoms. The molecule has 1 saturated heterocycles. The first-order chi connectivity index (χ1) is 17.2. The van der Waals surface area contributed by atoms with Gasteiger partial charge in [0.05, 0.1) is 5.69 Å². The molecule has 8 nitrogen and oxygen atoms in total. The molecule has 1 aliphatic heterocycles. The van der Waals surface area contributed by atoms with Crippen molar-refractivity contribution >= 4 is 52.8 Å². The molecule has 4 rings (SSSR count). The number of halogens is 1. The largest absolute Gasteiger partial charge is 0.484 e. The van der Waals surface area contributed by atoms with Crippen LogP contribution in [0.1, 0.15) is 16.7 Å². The summed E-state index contributed by atoms with van der Waals surface area (Å²) in [6.45, 7) is 3.65. The third kappa shape index (κ3) is 5.61. The second-order valence-corrected chi connectivity index (χ2v) is 8.60. The van der Waals surface area contributed by atoms with E-state index in [1.807, 2.05) is 32.0 Å². The third-order valence-electron chi connectivity index (χ3n) is 5.38. The van der Waals surface area contributed by atoms with Gasteiger partial charge in [-0.15, -0.1) is 0 Å². The average molecular weight is 504 g/mol. The maximum Gasteiger partial charge on any atom is 0.335 e. The van der Waals surface area contributed by atoms with Gasteiger partial charge >= 0.3 is 6.03 Å². The number of anilines is 2. The third-order valence-corrected chi connectivity index (χ3v) is 5.63. The van der Waals surface area contributed by atoms with Crippen LogP contribution >= 0.6 is 11.6 Å². The molecule has 3 aromatic carbocycles. The Morgan fingerprint density at radius 2 is 1.78 bits per heavy atom. The summed E-state index contributed by atoms with van der Waals surface area (Å²) in [5.41, 5.74) is 3.26. The van der Waals surface area contributed by atoms with Crippen LogP contribution in [0.4, 0.5) is 16.2 Å². The lowest BCUT2D eigenvalue weighted by molar-refractivity contribution is -0.122. The predicted molar refractivity (Wildman–Crippen MR) is 137 cm³/mol. The standard InChI is InChI=1S/C27H22ClN3O5/c1-16-6-11-23(17(2)12-16)29-24(32)15-36-21-5-3-4-18(13-21)14-22-25(33)30-27(35)31(26(22)34)20-9-7-19(28)8-10-20/h3-14H,15H2,1-2H3,(H,29,32)(H,30,33,35)/b22-14-. The number of amides is 5. The van der Waals surface area contributed by atoms with Crippen LogP contribution in [-0.4, -0.2) is 30.4 Å². The zero-order valence-electron chi connectivity index (χ0n) is 19.5. The number of carbonyl (C=O) groups is 4. The number of nitrogens with zero attached hydrogens (tertiary/aromatic N) is 1. The fraction of sp³-hybridized carbons (Fsp3) is 0.111. The number of imide groups is 2. The quantitative estimate of drug-likeness (QED) is 0.376. The minimum atomic E-state index is -0.851. The van der Waals surface area contributed by atoms with E-state index in [1.54, 1.807) is 24.3 Å². The van der Waals surface area contributed by atoms with Gasteiger partial charge in [-0.3, -0.25) is 19.7 Å². The van der Waals surface area contributed by atoms with Gasteiger partial charge in [0.2, 0.25) is 0 Å². The van der Waals surface area contributed by atoms with E-state index >= 15 is 0 Å². The van der Waals surface area contributed by atoms with Crippen molar-refractivity contribution in [2.24, 2.45) is 0 Å². The van der Waals surface area contributed by atoms with Gasteiger partial charge in [0.15, 0.2) is 6.61 Å². The molecule has 3 aromatic rings. The Morgan fingerprint density at radius 3 is 2.50 bits per heavy atom. The summed E-state index contributed by atoms with van der Waals surface area (Å²) in [6, 6.07) is 17.5. The highest BCUT2D eigenvalue weighted by atomic mass is 35.5. The molecule has 182 valence electrons. The molecule has 1 fully saturated rings. The van der Waals surface area contributed by atoms with Gasteiger partial charge in [0.25, 0.3) is 17.7 Å². The molecule has 0 unspecified atom stereocenters. The number of nitrogens with one attached hydrogen (secondary N) is 2. The van der Waals surface area contributed by atoms with Crippen molar-refractivity contribution in [1.82, 2.24) is 5.32 Å². The molecule has 0 radical (unpaired) electrons. The van der Waals surface area contributed by atoms with Crippen molar-refractivity contribution in [3.63, 3.8) is 0 Å². The van der Waals surface area contributed by atoms with Crippen molar-refractivity contribution < 1.29 is 23.9 Å². The molecule has 0 aliphatic carbocycles. The van der Waals surface area contributed by atoms with E-state index in [0.717, 1.165) is 16.0 Å². The van der Waals surface area contributed by atoms with Crippen LogP contribution < -0.4 is 20.3 Å². The maximum atomic E-state index is 13.0. The lowest BCUT2D eigenvalue weighted by Gasteiger charge is -2.26. The second kappa shape index (κ2) is 10.5. The van der Waals surface area contributed by atoms with Crippen LogP contribution in [0.2, 0.25) is 5.02 Å². The molecular formula is C27H22ClN3O5.